The van der Waals surface area contributed by atoms with Gasteiger partial charge in [-0.15, -0.1) is 0 Å². The summed E-state index contributed by atoms with van der Waals surface area (Å²) in [7, 11) is 1.88. The number of hydrogen-bond donors (Lipinski definition) is 2. The molecule has 2 heterocycles. The zero-order valence-corrected chi connectivity index (χ0v) is 9.79. The van der Waals surface area contributed by atoms with Crippen LogP contribution in [0, 0.1) is 0 Å². The largest absolute Gasteiger partial charge is 0.379 e. The van der Waals surface area contributed by atoms with Crippen molar-refractivity contribution < 1.29 is 4.74 Å². The molecule has 5 nitrogen and oxygen atoms in total. The van der Waals surface area contributed by atoms with E-state index in [1.807, 2.05) is 7.05 Å². The lowest BCUT2D eigenvalue weighted by molar-refractivity contribution is 0.195. The average Bonchev–Trinajstić information content (AvgIpc) is 2.81. The van der Waals surface area contributed by atoms with E-state index in [-0.39, 0.29) is 0 Å². The van der Waals surface area contributed by atoms with Crippen LogP contribution in [0.15, 0.2) is 6.33 Å². The van der Waals surface area contributed by atoms with Gasteiger partial charge in [0.05, 0.1) is 12.6 Å². The molecule has 1 aromatic heterocycles. The van der Waals surface area contributed by atoms with Crippen molar-refractivity contribution in [2.24, 2.45) is 0 Å². The highest BCUT2D eigenvalue weighted by molar-refractivity contribution is 5.57. The van der Waals surface area contributed by atoms with Crippen molar-refractivity contribution in [2.45, 2.75) is 25.8 Å². The molecule has 1 saturated heterocycles. The van der Waals surface area contributed by atoms with Crippen LogP contribution in [-0.2, 0) is 11.2 Å². The van der Waals surface area contributed by atoms with E-state index in [9.17, 15) is 0 Å². The summed E-state index contributed by atoms with van der Waals surface area (Å²) in [5.74, 6) is 1.83. The van der Waals surface area contributed by atoms with Crippen molar-refractivity contribution in [1.82, 2.24) is 9.97 Å². The Morgan fingerprint density at radius 2 is 2.25 bits per heavy atom. The van der Waals surface area contributed by atoms with Crippen molar-refractivity contribution in [3.63, 3.8) is 0 Å². The van der Waals surface area contributed by atoms with E-state index < -0.39 is 0 Å². The highest BCUT2D eigenvalue weighted by Gasteiger charge is 2.18. The van der Waals surface area contributed by atoms with Crippen LogP contribution >= 0.6 is 0 Å². The summed E-state index contributed by atoms with van der Waals surface area (Å²) in [6.07, 6.45) is 3.54. The molecule has 1 aromatic rings. The van der Waals surface area contributed by atoms with E-state index >= 15 is 0 Å². The molecule has 0 saturated carbocycles. The van der Waals surface area contributed by atoms with Crippen molar-refractivity contribution >= 4 is 11.6 Å². The lowest BCUT2D eigenvalue weighted by Gasteiger charge is -2.16. The first-order valence-electron chi connectivity index (χ1n) is 5.71. The quantitative estimate of drug-likeness (QED) is 0.803. The predicted octanol–water partition coefficient (Wildman–Crippen LogP) is 1.28. The third kappa shape index (κ3) is 2.24. The van der Waals surface area contributed by atoms with E-state index in [0.29, 0.717) is 6.04 Å². The molecular weight excluding hydrogens is 204 g/mol. The second kappa shape index (κ2) is 5.12. The molecule has 1 fully saturated rings. The molecule has 1 aliphatic rings. The van der Waals surface area contributed by atoms with Crippen molar-refractivity contribution in [1.29, 1.82) is 0 Å². The third-order valence-corrected chi connectivity index (χ3v) is 2.81. The van der Waals surface area contributed by atoms with E-state index in [1.54, 1.807) is 6.33 Å². The fourth-order valence-electron chi connectivity index (χ4n) is 1.93. The van der Waals surface area contributed by atoms with Gasteiger partial charge < -0.3 is 15.4 Å². The Morgan fingerprint density at radius 1 is 1.44 bits per heavy atom. The van der Waals surface area contributed by atoms with Crippen LogP contribution in [0.1, 0.15) is 18.9 Å². The van der Waals surface area contributed by atoms with Crippen molar-refractivity contribution in [3.8, 4) is 0 Å². The van der Waals surface area contributed by atoms with Crippen LogP contribution in [-0.4, -0.2) is 36.3 Å². The maximum Gasteiger partial charge on any atom is 0.135 e. The fourth-order valence-corrected chi connectivity index (χ4v) is 1.93. The highest BCUT2D eigenvalue weighted by Crippen LogP contribution is 2.21. The fraction of sp³-hybridized carbons (Fsp3) is 0.636. The molecule has 2 rings (SSSR count). The van der Waals surface area contributed by atoms with Gasteiger partial charge in [-0.25, -0.2) is 9.97 Å². The number of aromatic nitrogens is 2. The third-order valence-electron chi connectivity index (χ3n) is 2.81. The molecule has 0 bridgehead atoms. The molecule has 0 spiro atoms. The Balaban J connectivity index is 2.18. The molecule has 88 valence electrons. The topological polar surface area (TPSA) is 59.1 Å². The standard InChI is InChI=1S/C11H18N4O/c1-3-9-10(12-2)13-7-14-11(9)15-8-4-5-16-6-8/h7-8H,3-6H2,1-2H3,(H2,12,13,14,15). The monoisotopic (exact) mass is 222 g/mol. The number of nitrogens with one attached hydrogen (secondary N) is 2. The van der Waals surface area contributed by atoms with E-state index in [2.05, 4.69) is 27.5 Å². The van der Waals surface area contributed by atoms with E-state index in [4.69, 9.17) is 4.74 Å². The minimum atomic E-state index is 0.380. The number of nitrogens with zero attached hydrogens (tertiary/aromatic N) is 2. The molecule has 2 N–H and O–H groups in total. The zero-order chi connectivity index (χ0) is 11.4. The van der Waals surface area contributed by atoms with Crippen LogP contribution in [0.25, 0.3) is 0 Å². The van der Waals surface area contributed by atoms with Crippen LogP contribution in [0.3, 0.4) is 0 Å². The van der Waals surface area contributed by atoms with Gasteiger partial charge in [0.15, 0.2) is 0 Å². The maximum atomic E-state index is 5.34. The van der Waals surface area contributed by atoms with Gasteiger partial charge in [0.2, 0.25) is 0 Å². The second-order valence-corrected chi connectivity index (χ2v) is 3.86. The van der Waals surface area contributed by atoms with Crippen LogP contribution in [0.2, 0.25) is 0 Å². The minimum absolute atomic E-state index is 0.380. The van der Waals surface area contributed by atoms with E-state index in [1.165, 1.54) is 0 Å². The van der Waals surface area contributed by atoms with Crippen LogP contribution < -0.4 is 10.6 Å². The Hall–Kier alpha value is -1.36. The van der Waals surface area contributed by atoms with Gasteiger partial charge in [-0.2, -0.15) is 0 Å². The first kappa shape index (κ1) is 11.1. The van der Waals surface area contributed by atoms with Crippen molar-refractivity contribution in [3.05, 3.63) is 11.9 Å². The summed E-state index contributed by atoms with van der Waals surface area (Å²) in [5.41, 5.74) is 1.14. The first-order chi connectivity index (χ1) is 7.85. The number of rotatable bonds is 4. The molecule has 1 atom stereocenters. The predicted molar refractivity (Wildman–Crippen MR) is 63.8 cm³/mol. The second-order valence-electron chi connectivity index (χ2n) is 3.86. The molecule has 5 heteroatoms. The van der Waals surface area contributed by atoms with Crippen LogP contribution in [0.5, 0.6) is 0 Å². The van der Waals surface area contributed by atoms with Gasteiger partial charge in [0, 0.05) is 19.2 Å². The molecule has 1 aliphatic heterocycles. The van der Waals surface area contributed by atoms with Gasteiger partial charge in [0.25, 0.3) is 0 Å². The minimum Gasteiger partial charge on any atom is -0.379 e. The summed E-state index contributed by atoms with van der Waals surface area (Å²) >= 11 is 0. The number of anilines is 2. The maximum absolute atomic E-state index is 5.34. The molecule has 0 radical (unpaired) electrons. The van der Waals surface area contributed by atoms with Crippen LogP contribution in [0.4, 0.5) is 11.6 Å². The molecule has 0 amide bonds. The van der Waals surface area contributed by atoms with Gasteiger partial charge in [-0.05, 0) is 12.8 Å². The summed E-state index contributed by atoms with van der Waals surface area (Å²) < 4.78 is 5.34. The molecule has 0 aromatic carbocycles. The van der Waals surface area contributed by atoms with Gasteiger partial charge >= 0.3 is 0 Å². The number of hydrogen-bond acceptors (Lipinski definition) is 5. The molecule has 16 heavy (non-hydrogen) atoms. The highest BCUT2D eigenvalue weighted by atomic mass is 16.5. The zero-order valence-electron chi connectivity index (χ0n) is 9.79. The molecular formula is C11H18N4O. The normalized spacial score (nSPS) is 19.8. The summed E-state index contributed by atoms with van der Waals surface area (Å²) in [6, 6.07) is 0.380. The Labute approximate surface area is 95.6 Å². The van der Waals surface area contributed by atoms with E-state index in [0.717, 1.165) is 43.3 Å². The van der Waals surface area contributed by atoms with Gasteiger partial charge in [-0.3, -0.25) is 0 Å². The van der Waals surface area contributed by atoms with Crippen molar-refractivity contribution in [2.75, 3.05) is 30.9 Å². The Morgan fingerprint density at radius 3 is 2.88 bits per heavy atom. The molecule has 1 unspecified atom stereocenters. The lowest BCUT2D eigenvalue weighted by Crippen LogP contribution is -2.21. The summed E-state index contributed by atoms with van der Waals surface area (Å²) in [4.78, 5) is 8.51. The number of ether oxygens (including phenoxy) is 1. The van der Waals surface area contributed by atoms with Gasteiger partial charge in [0.1, 0.15) is 18.0 Å². The smallest absolute Gasteiger partial charge is 0.135 e. The first-order valence-corrected chi connectivity index (χ1v) is 5.71. The average molecular weight is 222 g/mol. The Bertz CT molecular complexity index is 350. The van der Waals surface area contributed by atoms with Gasteiger partial charge in [-0.1, -0.05) is 6.92 Å². The molecule has 0 aliphatic carbocycles. The lowest BCUT2D eigenvalue weighted by atomic mass is 10.2. The summed E-state index contributed by atoms with van der Waals surface area (Å²) in [5, 5.41) is 6.51. The Kier molecular flexibility index (Phi) is 3.56. The SMILES string of the molecule is CCc1c(NC)ncnc1NC1CCOC1. The summed E-state index contributed by atoms with van der Waals surface area (Å²) in [6.45, 7) is 3.71.